The van der Waals surface area contributed by atoms with Crippen molar-refractivity contribution >= 4 is 22.4 Å². The molecule has 0 spiro atoms. The fourth-order valence-corrected chi connectivity index (χ4v) is 1.52. The average Bonchev–Trinajstić information content (AvgIpc) is 2.70. The van der Waals surface area contributed by atoms with Gasteiger partial charge in [0.1, 0.15) is 0 Å². The number of urea groups is 1. The quantitative estimate of drug-likeness (QED) is 0.635. The minimum atomic E-state index is -0.245. The van der Waals surface area contributed by atoms with E-state index in [1.807, 2.05) is 17.5 Å². The predicted octanol–water partition coefficient (Wildman–Crippen LogP) is 0.878. The Balaban J connectivity index is 2.04. The van der Waals surface area contributed by atoms with Crippen molar-refractivity contribution in [3.63, 3.8) is 0 Å². The number of aliphatic hydroxyl groups is 1. The number of anilines is 1. The van der Waals surface area contributed by atoms with E-state index in [2.05, 4.69) is 10.6 Å². The van der Waals surface area contributed by atoms with Gasteiger partial charge in [0.15, 0.2) is 0 Å². The van der Waals surface area contributed by atoms with E-state index in [9.17, 15) is 4.79 Å². The molecular formula is C9H14N2O3S. The van der Waals surface area contributed by atoms with E-state index in [1.165, 1.54) is 11.3 Å². The summed E-state index contributed by atoms with van der Waals surface area (Å²) in [5, 5.41) is 16.4. The number of carbonyl (C=O) groups is 1. The summed E-state index contributed by atoms with van der Waals surface area (Å²) in [7, 11) is 0. The van der Waals surface area contributed by atoms with E-state index in [0.717, 1.165) is 5.00 Å². The minimum absolute atomic E-state index is 0.00138. The van der Waals surface area contributed by atoms with E-state index in [-0.39, 0.29) is 12.6 Å². The SMILES string of the molecule is O=C(NCCOCCO)Nc1cccs1. The smallest absolute Gasteiger partial charge is 0.319 e. The summed E-state index contributed by atoms with van der Waals surface area (Å²) in [4.78, 5) is 11.2. The molecule has 0 fully saturated rings. The Morgan fingerprint density at radius 2 is 2.40 bits per heavy atom. The molecule has 0 saturated heterocycles. The van der Waals surface area contributed by atoms with E-state index in [1.54, 1.807) is 0 Å². The van der Waals surface area contributed by atoms with Crippen molar-refractivity contribution in [3.05, 3.63) is 17.5 Å². The number of nitrogens with one attached hydrogen (secondary N) is 2. The van der Waals surface area contributed by atoms with Gasteiger partial charge in [0.25, 0.3) is 0 Å². The standard InChI is InChI=1S/C9H14N2O3S/c12-4-6-14-5-3-10-9(13)11-8-2-1-7-15-8/h1-2,7,12H,3-6H2,(H2,10,11,13). The van der Waals surface area contributed by atoms with Gasteiger partial charge < -0.3 is 15.2 Å². The van der Waals surface area contributed by atoms with Gasteiger partial charge in [-0.25, -0.2) is 4.79 Å². The highest BCUT2D eigenvalue weighted by Gasteiger charge is 2.00. The molecule has 0 aliphatic rings. The Morgan fingerprint density at radius 3 is 3.07 bits per heavy atom. The lowest BCUT2D eigenvalue weighted by atomic mass is 10.6. The molecule has 0 radical (unpaired) electrons. The minimum Gasteiger partial charge on any atom is -0.394 e. The third-order valence-electron chi connectivity index (χ3n) is 1.53. The summed E-state index contributed by atoms with van der Waals surface area (Å²) >= 11 is 1.46. The van der Waals surface area contributed by atoms with E-state index in [4.69, 9.17) is 9.84 Å². The van der Waals surface area contributed by atoms with E-state index < -0.39 is 0 Å². The molecule has 1 heterocycles. The summed E-state index contributed by atoms with van der Waals surface area (Å²) < 4.78 is 4.98. The zero-order valence-corrected chi connectivity index (χ0v) is 9.05. The maximum absolute atomic E-state index is 11.2. The Labute approximate surface area is 92.1 Å². The first-order valence-corrected chi connectivity index (χ1v) is 5.48. The predicted molar refractivity (Wildman–Crippen MR) is 59.2 cm³/mol. The van der Waals surface area contributed by atoms with Crippen molar-refractivity contribution in [2.45, 2.75) is 0 Å². The van der Waals surface area contributed by atoms with Crippen molar-refractivity contribution in [2.24, 2.45) is 0 Å². The first-order chi connectivity index (χ1) is 7.33. The van der Waals surface area contributed by atoms with Gasteiger partial charge in [-0.3, -0.25) is 5.32 Å². The van der Waals surface area contributed by atoms with Crippen LogP contribution in [-0.2, 0) is 4.74 Å². The highest BCUT2D eigenvalue weighted by atomic mass is 32.1. The zero-order chi connectivity index (χ0) is 10.9. The summed E-state index contributed by atoms with van der Waals surface area (Å²) in [5.41, 5.74) is 0. The zero-order valence-electron chi connectivity index (χ0n) is 8.23. The normalized spacial score (nSPS) is 9.93. The fourth-order valence-electron chi connectivity index (χ4n) is 0.909. The summed E-state index contributed by atoms with van der Waals surface area (Å²) in [6.45, 7) is 1.13. The fraction of sp³-hybridized carbons (Fsp3) is 0.444. The maximum atomic E-state index is 11.2. The van der Waals surface area contributed by atoms with Crippen molar-refractivity contribution in [1.82, 2.24) is 5.32 Å². The van der Waals surface area contributed by atoms with Crippen molar-refractivity contribution < 1.29 is 14.6 Å². The number of hydrogen-bond donors (Lipinski definition) is 3. The van der Waals surface area contributed by atoms with Crippen LogP contribution in [0.15, 0.2) is 17.5 Å². The van der Waals surface area contributed by atoms with Crippen molar-refractivity contribution in [1.29, 1.82) is 0 Å². The van der Waals surface area contributed by atoms with Gasteiger partial charge in [-0.05, 0) is 17.5 Å². The largest absolute Gasteiger partial charge is 0.394 e. The van der Waals surface area contributed by atoms with Gasteiger partial charge in [-0.15, -0.1) is 11.3 Å². The molecule has 0 aliphatic heterocycles. The molecule has 0 aliphatic carbocycles. The second kappa shape index (κ2) is 7.22. The molecule has 0 saturated carbocycles. The average molecular weight is 230 g/mol. The molecule has 15 heavy (non-hydrogen) atoms. The number of thiophene rings is 1. The van der Waals surface area contributed by atoms with Crippen LogP contribution in [0.4, 0.5) is 9.80 Å². The molecule has 3 N–H and O–H groups in total. The lowest BCUT2D eigenvalue weighted by Crippen LogP contribution is -2.31. The third kappa shape index (κ3) is 5.36. The maximum Gasteiger partial charge on any atom is 0.319 e. The van der Waals surface area contributed by atoms with Crippen LogP contribution in [0.5, 0.6) is 0 Å². The number of ether oxygens (including phenoxy) is 1. The second-order valence-corrected chi connectivity index (χ2v) is 3.64. The van der Waals surface area contributed by atoms with Crippen LogP contribution in [0, 0.1) is 0 Å². The number of carbonyl (C=O) groups excluding carboxylic acids is 1. The lowest BCUT2D eigenvalue weighted by Gasteiger charge is -2.05. The molecule has 0 aromatic carbocycles. The molecule has 1 aromatic rings. The lowest BCUT2D eigenvalue weighted by molar-refractivity contribution is 0.0950. The topological polar surface area (TPSA) is 70.6 Å². The second-order valence-electron chi connectivity index (χ2n) is 2.69. The molecule has 1 rings (SSSR count). The van der Waals surface area contributed by atoms with Crippen LogP contribution in [0.3, 0.4) is 0 Å². The van der Waals surface area contributed by atoms with Crippen LogP contribution in [0.1, 0.15) is 0 Å². The van der Waals surface area contributed by atoms with E-state index >= 15 is 0 Å². The van der Waals surface area contributed by atoms with Gasteiger partial charge in [-0.1, -0.05) is 0 Å². The van der Waals surface area contributed by atoms with Crippen LogP contribution < -0.4 is 10.6 Å². The van der Waals surface area contributed by atoms with Gasteiger partial charge >= 0.3 is 6.03 Å². The number of aliphatic hydroxyl groups excluding tert-OH is 1. The van der Waals surface area contributed by atoms with Crippen LogP contribution in [0.2, 0.25) is 0 Å². The van der Waals surface area contributed by atoms with Gasteiger partial charge in [-0.2, -0.15) is 0 Å². The highest BCUT2D eigenvalue weighted by molar-refractivity contribution is 7.14. The number of amides is 2. The molecule has 6 heteroatoms. The summed E-state index contributed by atoms with van der Waals surface area (Å²) in [6, 6.07) is 3.45. The molecule has 0 atom stereocenters. The van der Waals surface area contributed by atoms with Crippen LogP contribution in [0.25, 0.3) is 0 Å². The van der Waals surface area contributed by atoms with Gasteiger partial charge in [0, 0.05) is 6.54 Å². The molecule has 84 valence electrons. The summed E-state index contributed by atoms with van der Waals surface area (Å²) in [6.07, 6.45) is 0. The monoisotopic (exact) mass is 230 g/mol. The molecule has 2 amide bonds. The first kappa shape index (κ1) is 12.0. The Kier molecular flexibility index (Phi) is 5.76. The highest BCUT2D eigenvalue weighted by Crippen LogP contribution is 2.14. The Morgan fingerprint density at radius 1 is 1.53 bits per heavy atom. The molecule has 1 aromatic heterocycles. The van der Waals surface area contributed by atoms with Crippen LogP contribution in [-0.4, -0.2) is 37.5 Å². The Hall–Kier alpha value is -1.11. The number of rotatable bonds is 6. The Bertz CT molecular complexity index is 277. The van der Waals surface area contributed by atoms with Crippen molar-refractivity contribution in [3.8, 4) is 0 Å². The van der Waals surface area contributed by atoms with Gasteiger partial charge in [0.2, 0.25) is 0 Å². The first-order valence-electron chi connectivity index (χ1n) is 4.60. The van der Waals surface area contributed by atoms with Crippen LogP contribution >= 0.6 is 11.3 Å². The van der Waals surface area contributed by atoms with E-state index in [0.29, 0.717) is 19.8 Å². The third-order valence-corrected chi connectivity index (χ3v) is 2.31. The summed E-state index contributed by atoms with van der Waals surface area (Å²) in [5.74, 6) is 0. The van der Waals surface area contributed by atoms with Gasteiger partial charge in [0.05, 0.1) is 24.8 Å². The molecule has 5 nitrogen and oxygen atoms in total. The molecular weight excluding hydrogens is 216 g/mol. The molecule has 0 unspecified atom stereocenters. The molecule has 0 bridgehead atoms. The van der Waals surface area contributed by atoms with Crippen molar-refractivity contribution in [2.75, 3.05) is 31.7 Å². The number of hydrogen-bond acceptors (Lipinski definition) is 4.